The first-order chi connectivity index (χ1) is 33.5. The zero-order valence-corrected chi connectivity index (χ0v) is 42.7. The summed E-state index contributed by atoms with van der Waals surface area (Å²) in [5.74, 6) is -4.12. The first kappa shape index (κ1) is 54.7. The molecule has 71 heavy (non-hydrogen) atoms. The van der Waals surface area contributed by atoms with Crippen LogP contribution in [-0.4, -0.2) is 155 Å². The Hall–Kier alpha value is -2.59. The standard InChI is InChI=1S/C53H86N4O14/c1-7-28-20-52(46(68)69)17-16-47(2,24-59)21-33(52)30-10-11-37-49(4,51(28,30)6)15-13-36-48(3,25-60)43(71-44-42(66)41(65)35(62)23-70-44)40(64)32(50(36,37)5)19-31-39(57-45(67)53(31,26-61)14-8-18-58)29(9-12-38(54)63)34-22-55-27-56-34/h10,22,27-29,31-33,35-44,58-66H,7-9,11-21,23-26,54H2,1-6H3,(H,55,56)(H,57,67)(H,68,69). The maximum atomic E-state index is 14.8. The number of ether oxygens (including phenoxy) is 2. The van der Waals surface area contributed by atoms with Gasteiger partial charge in [-0.1, -0.05) is 59.6 Å². The average molecular weight is 1000 g/mol. The highest BCUT2D eigenvalue weighted by Crippen LogP contribution is 2.78. The van der Waals surface area contributed by atoms with Crippen molar-refractivity contribution >= 4 is 11.9 Å². The summed E-state index contributed by atoms with van der Waals surface area (Å²) in [6, 6.07) is -0.697. The van der Waals surface area contributed by atoms with Crippen molar-refractivity contribution in [3.05, 3.63) is 29.9 Å². The van der Waals surface area contributed by atoms with Gasteiger partial charge >= 0.3 is 5.97 Å². The van der Waals surface area contributed by atoms with E-state index < -0.39 is 130 Å². The van der Waals surface area contributed by atoms with Crippen molar-refractivity contribution in [1.29, 1.82) is 0 Å². The van der Waals surface area contributed by atoms with E-state index in [0.29, 0.717) is 57.1 Å². The number of aromatic amines is 1. The predicted molar refractivity (Wildman–Crippen MR) is 258 cm³/mol. The lowest BCUT2D eigenvalue weighted by Crippen LogP contribution is -2.73. The van der Waals surface area contributed by atoms with Crippen molar-refractivity contribution in [2.45, 2.75) is 180 Å². The molecule has 7 aliphatic rings. The van der Waals surface area contributed by atoms with Gasteiger partial charge in [0.1, 0.15) is 24.5 Å². The Labute approximate surface area is 418 Å². The van der Waals surface area contributed by atoms with Crippen molar-refractivity contribution in [2.75, 3.05) is 33.0 Å². The van der Waals surface area contributed by atoms with Gasteiger partial charge in [-0.3, -0.25) is 9.59 Å². The zero-order valence-electron chi connectivity index (χ0n) is 42.7. The summed E-state index contributed by atoms with van der Waals surface area (Å²) < 4.78 is 12.5. The molecule has 4 saturated carbocycles. The summed E-state index contributed by atoms with van der Waals surface area (Å²) >= 11 is 0. The number of fused-ring (bicyclic) bond motifs is 7. The second-order valence-electron chi connectivity index (χ2n) is 24.8. The Morgan fingerprint density at radius 3 is 2.28 bits per heavy atom. The van der Waals surface area contributed by atoms with E-state index in [1.54, 1.807) is 6.20 Å². The first-order valence-electron chi connectivity index (χ1n) is 26.6. The number of amides is 1. The summed E-state index contributed by atoms with van der Waals surface area (Å²) in [4.78, 5) is 36.0. The number of nitrogens with zero attached hydrogens (tertiary/aromatic N) is 1. The number of rotatable bonds is 17. The summed E-state index contributed by atoms with van der Waals surface area (Å²) in [5.41, 5.74) is 1.72. The highest BCUT2D eigenvalue weighted by atomic mass is 16.7. The lowest BCUT2D eigenvalue weighted by molar-refractivity contribution is -0.341. The second kappa shape index (κ2) is 19.8. The van der Waals surface area contributed by atoms with Crippen LogP contribution in [0.4, 0.5) is 0 Å². The summed E-state index contributed by atoms with van der Waals surface area (Å²) in [5, 5.41) is 116. The van der Waals surface area contributed by atoms with E-state index in [9.17, 15) is 60.7 Å². The van der Waals surface area contributed by atoms with Gasteiger partial charge in [-0.05, 0) is 134 Å². The zero-order chi connectivity index (χ0) is 51.9. The average Bonchev–Trinajstić information content (AvgIpc) is 3.97. The van der Waals surface area contributed by atoms with E-state index >= 15 is 0 Å². The number of hydrogen-bond donors (Lipinski definition) is 13. The number of aliphatic hydroxyl groups is 9. The first-order valence-corrected chi connectivity index (χ1v) is 26.6. The van der Waals surface area contributed by atoms with Gasteiger partial charge in [0.2, 0.25) is 5.91 Å². The van der Waals surface area contributed by atoms with Crippen molar-refractivity contribution in [2.24, 2.45) is 79.1 Å². The lowest BCUT2D eigenvalue weighted by Gasteiger charge is -2.74. The summed E-state index contributed by atoms with van der Waals surface area (Å²) in [7, 11) is 0. The Morgan fingerprint density at radius 2 is 1.68 bits per heavy atom. The summed E-state index contributed by atoms with van der Waals surface area (Å²) in [6.07, 6.45) is 0.979. The van der Waals surface area contributed by atoms with Gasteiger partial charge in [-0.15, -0.1) is 0 Å². The number of carboxylic acid groups (broad SMARTS) is 1. The van der Waals surface area contributed by atoms with E-state index in [-0.39, 0.29) is 69.2 Å². The molecule has 18 nitrogen and oxygen atoms in total. The fraction of sp³-hybridized carbons (Fsp3) is 0.868. The number of carbonyl (C=O) groups excluding carboxylic acids is 1. The van der Waals surface area contributed by atoms with Gasteiger partial charge in [0, 0.05) is 42.5 Å². The second-order valence-corrected chi connectivity index (χ2v) is 24.8. The van der Waals surface area contributed by atoms with Gasteiger partial charge in [0.15, 0.2) is 6.29 Å². The van der Waals surface area contributed by atoms with Gasteiger partial charge in [0.25, 0.3) is 0 Å². The van der Waals surface area contributed by atoms with Crippen LogP contribution in [-0.2, 0) is 19.1 Å². The number of imidazole rings is 1. The number of carboxylic acids is 1. The number of nitrogens with two attached hydrogens (primary N) is 1. The Bertz CT molecular complexity index is 2100. The number of aliphatic hydroxyl groups excluding tert-OH is 9. The monoisotopic (exact) mass is 1000 g/mol. The lowest BCUT2D eigenvalue weighted by atomic mass is 9.30. The molecule has 1 aromatic rings. The number of nitrogens with one attached hydrogen (secondary N) is 2. The fourth-order valence-electron chi connectivity index (χ4n) is 17.7. The SMILES string of the molecule is CCC1CC2(C(=O)O)CCC(C)(CO)CC2C2=CCC3C4(C)C(CC5C(C(CCC(N)O)c6cnc[nH]6)NC(=O)C5(CO)CCCO)C(O)C(OC5OCC(O)C(O)C5O)C(C)(CO)C4CCC3(C)C21C. The van der Waals surface area contributed by atoms with Gasteiger partial charge < -0.3 is 76.6 Å². The third kappa shape index (κ3) is 8.21. The molecule has 14 N–H and O–H groups in total. The van der Waals surface area contributed by atoms with Crippen LogP contribution in [0.2, 0.25) is 0 Å². The third-order valence-electron chi connectivity index (χ3n) is 21.9. The quantitative estimate of drug-likeness (QED) is 0.0605. The van der Waals surface area contributed by atoms with Crippen LogP contribution in [0.15, 0.2) is 24.2 Å². The van der Waals surface area contributed by atoms with Crippen LogP contribution in [0.1, 0.15) is 137 Å². The molecule has 402 valence electrons. The fourth-order valence-corrected chi connectivity index (χ4v) is 17.7. The molecule has 6 fully saturated rings. The molecule has 2 aliphatic heterocycles. The van der Waals surface area contributed by atoms with Crippen LogP contribution < -0.4 is 11.1 Å². The predicted octanol–water partition coefficient (Wildman–Crippen LogP) is 2.29. The Balaban J connectivity index is 1.32. The normalized spacial score (nSPS) is 48.3. The smallest absolute Gasteiger partial charge is 0.310 e. The molecule has 0 aromatic carbocycles. The number of allylic oxidation sites excluding steroid dienone is 2. The molecule has 3 heterocycles. The van der Waals surface area contributed by atoms with Crippen molar-refractivity contribution in [3.8, 4) is 0 Å². The van der Waals surface area contributed by atoms with E-state index in [1.807, 2.05) is 6.92 Å². The molecule has 18 heteroatoms. The Kier molecular flexibility index (Phi) is 15.3. The number of hydrogen-bond acceptors (Lipinski definition) is 15. The molecule has 5 aliphatic carbocycles. The molecule has 1 amide bonds. The van der Waals surface area contributed by atoms with E-state index in [4.69, 9.17) is 15.2 Å². The molecular formula is C53H86N4O14. The van der Waals surface area contributed by atoms with E-state index in [0.717, 1.165) is 12.0 Å². The minimum atomic E-state index is -1.70. The van der Waals surface area contributed by atoms with Crippen LogP contribution in [0.5, 0.6) is 0 Å². The minimum absolute atomic E-state index is 0.0406. The van der Waals surface area contributed by atoms with Crippen molar-refractivity contribution in [1.82, 2.24) is 15.3 Å². The molecule has 22 unspecified atom stereocenters. The largest absolute Gasteiger partial charge is 0.481 e. The van der Waals surface area contributed by atoms with E-state index in [1.165, 1.54) is 6.33 Å². The number of carbonyl (C=O) groups is 2. The maximum Gasteiger partial charge on any atom is 0.310 e. The van der Waals surface area contributed by atoms with Gasteiger partial charge in [-0.25, -0.2) is 4.98 Å². The van der Waals surface area contributed by atoms with Crippen LogP contribution >= 0.6 is 0 Å². The number of aliphatic carboxylic acids is 1. The molecular weight excluding hydrogens is 917 g/mol. The van der Waals surface area contributed by atoms with Crippen LogP contribution in [0, 0.1) is 73.4 Å². The van der Waals surface area contributed by atoms with E-state index in [2.05, 4.69) is 56.0 Å². The molecule has 0 spiro atoms. The minimum Gasteiger partial charge on any atom is -0.481 e. The molecule has 0 radical (unpaired) electrons. The molecule has 0 bridgehead atoms. The summed E-state index contributed by atoms with van der Waals surface area (Å²) in [6.45, 7) is 11.3. The van der Waals surface area contributed by atoms with Crippen molar-refractivity contribution in [3.63, 3.8) is 0 Å². The molecule has 8 rings (SSSR count). The number of H-pyrrole nitrogens is 1. The van der Waals surface area contributed by atoms with Crippen LogP contribution in [0.3, 0.4) is 0 Å². The number of aromatic nitrogens is 2. The molecule has 2 saturated heterocycles. The highest BCUT2D eigenvalue weighted by Gasteiger charge is 2.75. The van der Waals surface area contributed by atoms with Crippen LogP contribution in [0.25, 0.3) is 0 Å². The maximum absolute atomic E-state index is 14.8. The van der Waals surface area contributed by atoms with Gasteiger partial charge in [-0.2, -0.15) is 0 Å². The molecule has 1 aromatic heterocycles. The third-order valence-corrected chi connectivity index (χ3v) is 21.9. The topological polar surface area (TPSA) is 322 Å². The highest BCUT2D eigenvalue weighted by molar-refractivity contribution is 5.86. The molecule has 22 atom stereocenters. The Morgan fingerprint density at radius 1 is 0.944 bits per heavy atom. The van der Waals surface area contributed by atoms with Crippen molar-refractivity contribution < 1.29 is 70.1 Å². The van der Waals surface area contributed by atoms with Gasteiger partial charge in [0.05, 0.1) is 49.2 Å².